The van der Waals surface area contributed by atoms with Crippen molar-refractivity contribution < 1.29 is 28.6 Å². The average Bonchev–Trinajstić information content (AvgIpc) is 3.39. The van der Waals surface area contributed by atoms with Crippen molar-refractivity contribution in [2.75, 3.05) is 44.8 Å². The lowest BCUT2D eigenvalue weighted by molar-refractivity contribution is -0.157. The van der Waals surface area contributed by atoms with Gasteiger partial charge < -0.3 is 24.4 Å². The fraction of sp³-hybridized carbons (Fsp3) is 0.417. The van der Waals surface area contributed by atoms with Crippen molar-refractivity contribution in [2.24, 2.45) is 0 Å². The van der Waals surface area contributed by atoms with Crippen molar-refractivity contribution in [1.29, 1.82) is 0 Å². The van der Waals surface area contributed by atoms with E-state index in [0.29, 0.717) is 19.7 Å². The highest BCUT2D eigenvalue weighted by molar-refractivity contribution is 5.95. The first-order valence-electron chi connectivity index (χ1n) is 15.6. The maximum Gasteiger partial charge on any atom is 0.408 e. The van der Waals surface area contributed by atoms with Gasteiger partial charge in [0.05, 0.1) is 6.54 Å². The van der Waals surface area contributed by atoms with Crippen molar-refractivity contribution in [3.63, 3.8) is 0 Å². The van der Waals surface area contributed by atoms with Crippen molar-refractivity contribution in [2.45, 2.75) is 58.3 Å². The van der Waals surface area contributed by atoms with Crippen LogP contribution in [0.5, 0.6) is 0 Å². The fourth-order valence-electron chi connectivity index (χ4n) is 5.92. The minimum absolute atomic E-state index is 0.0513. The van der Waals surface area contributed by atoms with Crippen molar-refractivity contribution in [1.82, 2.24) is 10.2 Å². The third-order valence-corrected chi connectivity index (χ3v) is 8.10. The lowest BCUT2D eigenvalue weighted by Gasteiger charge is -2.34. The molecule has 3 aromatic carbocycles. The first-order chi connectivity index (χ1) is 21.6. The Labute approximate surface area is 265 Å². The number of benzene rings is 3. The maximum atomic E-state index is 13.2. The summed E-state index contributed by atoms with van der Waals surface area (Å²) in [6.07, 6.45) is 1.20. The van der Waals surface area contributed by atoms with Crippen LogP contribution in [-0.4, -0.2) is 74.4 Å². The molecule has 45 heavy (non-hydrogen) atoms. The summed E-state index contributed by atoms with van der Waals surface area (Å²) in [7, 11) is 1.68. The van der Waals surface area contributed by atoms with Crippen LogP contribution >= 0.6 is 0 Å². The second kappa shape index (κ2) is 14.3. The van der Waals surface area contributed by atoms with Gasteiger partial charge in [0.1, 0.15) is 18.2 Å². The number of amides is 2. The quantitative estimate of drug-likeness (QED) is 0.185. The Kier molecular flexibility index (Phi) is 10.2. The lowest BCUT2D eigenvalue weighted by Crippen LogP contribution is -2.50. The molecule has 0 aromatic heterocycles. The van der Waals surface area contributed by atoms with Crippen LogP contribution in [0.4, 0.5) is 10.5 Å². The van der Waals surface area contributed by atoms with Crippen molar-refractivity contribution >= 4 is 23.7 Å². The van der Waals surface area contributed by atoms with Crippen LogP contribution in [0.15, 0.2) is 66.7 Å². The zero-order valence-corrected chi connectivity index (χ0v) is 26.6. The summed E-state index contributed by atoms with van der Waals surface area (Å²) >= 11 is 0. The summed E-state index contributed by atoms with van der Waals surface area (Å²) in [5.41, 5.74) is 6.61. The molecule has 1 fully saturated rings. The number of ether oxygens (including phenoxy) is 3. The highest BCUT2D eigenvalue weighted by atomic mass is 16.6. The molecule has 1 heterocycles. The molecule has 0 unspecified atom stereocenters. The Bertz CT molecular complexity index is 1510. The summed E-state index contributed by atoms with van der Waals surface area (Å²) < 4.78 is 16.4. The molecule has 9 nitrogen and oxygen atoms in total. The lowest BCUT2D eigenvalue weighted by atomic mass is 10.0. The van der Waals surface area contributed by atoms with E-state index in [0.717, 1.165) is 53.9 Å². The first kappa shape index (κ1) is 32.2. The molecule has 0 saturated carbocycles. The van der Waals surface area contributed by atoms with Crippen LogP contribution in [0.2, 0.25) is 0 Å². The molecule has 0 bridgehead atoms. The third kappa shape index (κ3) is 8.29. The van der Waals surface area contributed by atoms with Gasteiger partial charge in [-0.2, -0.15) is 0 Å². The number of nitrogens with zero attached hydrogens (tertiary/aromatic N) is 2. The summed E-state index contributed by atoms with van der Waals surface area (Å²) in [5, 5.41) is 2.74. The van der Waals surface area contributed by atoms with Gasteiger partial charge in [0, 0.05) is 45.5 Å². The van der Waals surface area contributed by atoms with Crippen LogP contribution in [0.1, 0.15) is 49.4 Å². The molecule has 0 radical (unpaired) electrons. The summed E-state index contributed by atoms with van der Waals surface area (Å²) in [5.74, 6) is -0.491. The van der Waals surface area contributed by atoms with Gasteiger partial charge in [-0.3, -0.25) is 9.69 Å². The second-order valence-corrected chi connectivity index (χ2v) is 12.6. The topological polar surface area (TPSA) is 97.4 Å². The van der Waals surface area contributed by atoms with Gasteiger partial charge in [-0.1, -0.05) is 54.6 Å². The number of nitrogens with one attached hydrogen (secondary N) is 1. The molecule has 2 aliphatic rings. The SMILES string of the molecule is COCCCN1CCN(c2ccc(C[C@H](NC(=O)OCc3cccc4c3Cc3ccccc3-4)C(=O)OC(C)(C)C)cc2)C(=O)C1. The van der Waals surface area contributed by atoms with E-state index in [2.05, 4.69) is 28.4 Å². The normalized spacial score (nSPS) is 15.3. The number of methoxy groups -OCH3 is 1. The first-order valence-corrected chi connectivity index (χ1v) is 15.6. The number of carbonyl (C=O) groups excluding carboxylic acids is 3. The smallest absolute Gasteiger partial charge is 0.408 e. The molecule has 238 valence electrons. The van der Waals surface area contributed by atoms with Gasteiger partial charge in [-0.15, -0.1) is 0 Å². The molecule has 3 aromatic rings. The zero-order chi connectivity index (χ0) is 32.0. The molecule has 0 spiro atoms. The van der Waals surface area contributed by atoms with Gasteiger partial charge in [-0.25, -0.2) is 9.59 Å². The van der Waals surface area contributed by atoms with E-state index in [4.69, 9.17) is 14.2 Å². The molecule has 9 heteroatoms. The van der Waals surface area contributed by atoms with Gasteiger partial charge in [0.2, 0.25) is 5.91 Å². The van der Waals surface area contributed by atoms with E-state index >= 15 is 0 Å². The standard InChI is InChI=1S/C36H43N3O6/c1-36(2,3)45-34(41)32(21-25-13-15-28(16-14-25)39-19-18-38(23-33(39)40)17-8-20-43-4)37-35(42)44-24-27-10-7-12-30-29-11-6-5-9-26(29)22-31(27)30/h5-7,9-16,32H,8,17-24H2,1-4H3,(H,37,42)/t32-/m0/s1. The Hall–Kier alpha value is -4.21. The van der Waals surface area contributed by atoms with Crippen LogP contribution in [-0.2, 0) is 43.2 Å². The van der Waals surface area contributed by atoms with Gasteiger partial charge in [0.25, 0.3) is 0 Å². The van der Waals surface area contributed by atoms with E-state index in [1.165, 1.54) is 11.1 Å². The minimum Gasteiger partial charge on any atom is -0.458 e. The number of fused-ring (bicyclic) bond motifs is 3. The predicted molar refractivity (Wildman–Crippen MR) is 173 cm³/mol. The monoisotopic (exact) mass is 613 g/mol. The maximum absolute atomic E-state index is 13.2. The van der Waals surface area contributed by atoms with E-state index in [-0.39, 0.29) is 18.9 Å². The van der Waals surface area contributed by atoms with Crippen LogP contribution in [0.25, 0.3) is 11.1 Å². The Morgan fingerprint density at radius 2 is 1.71 bits per heavy atom. The second-order valence-electron chi connectivity index (χ2n) is 12.6. The predicted octanol–water partition coefficient (Wildman–Crippen LogP) is 5.12. The molecule has 5 rings (SSSR count). The Morgan fingerprint density at radius 3 is 2.44 bits per heavy atom. The molecule has 1 aliphatic heterocycles. The number of alkyl carbamates (subject to hydrolysis) is 1. The van der Waals surface area contributed by atoms with Crippen LogP contribution < -0.4 is 10.2 Å². The highest BCUT2D eigenvalue weighted by Gasteiger charge is 2.29. The minimum atomic E-state index is -0.953. The third-order valence-electron chi connectivity index (χ3n) is 8.10. The Morgan fingerprint density at radius 1 is 0.956 bits per heavy atom. The van der Waals surface area contributed by atoms with Crippen molar-refractivity contribution in [3.05, 3.63) is 89.0 Å². The van der Waals surface area contributed by atoms with Gasteiger partial charge >= 0.3 is 12.1 Å². The molecular formula is C36H43N3O6. The molecular weight excluding hydrogens is 570 g/mol. The number of carbonyl (C=O) groups is 3. The molecule has 1 aliphatic carbocycles. The average molecular weight is 614 g/mol. The number of hydrogen-bond acceptors (Lipinski definition) is 7. The number of hydrogen-bond donors (Lipinski definition) is 1. The molecule has 1 saturated heterocycles. The van der Waals surface area contributed by atoms with E-state index in [1.807, 2.05) is 48.5 Å². The molecule has 1 atom stereocenters. The molecule has 1 N–H and O–H groups in total. The van der Waals surface area contributed by atoms with Gasteiger partial charge in [0.15, 0.2) is 0 Å². The Balaban J connectivity index is 1.21. The number of piperazine rings is 1. The largest absolute Gasteiger partial charge is 0.458 e. The molecule has 2 amide bonds. The van der Waals surface area contributed by atoms with Gasteiger partial charge in [-0.05, 0) is 79.1 Å². The summed E-state index contributed by atoms with van der Waals surface area (Å²) in [4.78, 5) is 43.0. The van der Waals surface area contributed by atoms with E-state index in [9.17, 15) is 14.4 Å². The number of esters is 1. The zero-order valence-electron chi connectivity index (χ0n) is 26.6. The van der Waals surface area contributed by atoms with E-state index < -0.39 is 23.7 Å². The fourth-order valence-corrected chi connectivity index (χ4v) is 5.92. The summed E-state index contributed by atoms with van der Waals surface area (Å²) in [6.45, 7) is 8.74. The van der Waals surface area contributed by atoms with Crippen molar-refractivity contribution in [3.8, 4) is 11.1 Å². The number of anilines is 1. The summed E-state index contributed by atoms with van der Waals surface area (Å²) in [6, 6.07) is 20.9. The van der Waals surface area contributed by atoms with Crippen LogP contribution in [0.3, 0.4) is 0 Å². The van der Waals surface area contributed by atoms with Crippen LogP contribution in [0, 0.1) is 0 Å². The highest BCUT2D eigenvalue weighted by Crippen LogP contribution is 2.38. The number of rotatable bonds is 11. The van der Waals surface area contributed by atoms with E-state index in [1.54, 1.807) is 32.8 Å².